The summed E-state index contributed by atoms with van der Waals surface area (Å²) in [7, 11) is 0. The Morgan fingerprint density at radius 3 is 2.62 bits per heavy atom. The van der Waals surface area contributed by atoms with E-state index in [1.165, 1.54) is 25.8 Å². The predicted molar refractivity (Wildman–Crippen MR) is 52.8 cm³/mol. The molecule has 0 aromatic carbocycles. The second-order valence-corrected chi connectivity index (χ2v) is 3.60. The smallest absolute Gasteiger partial charge is 0.0698 e. The first-order valence-corrected chi connectivity index (χ1v) is 5.31. The summed E-state index contributed by atoms with van der Waals surface area (Å²) in [6.07, 6.45) is 3.94. The van der Waals surface area contributed by atoms with Gasteiger partial charge in [0.05, 0.1) is 19.8 Å². The normalized spacial score (nSPS) is 16.8. The van der Waals surface area contributed by atoms with Crippen molar-refractivity contribution in [1.29, 1.82) is 0 Å². The van der Waals surface area contributed by atoms with Gasteiger partial charge in [-0.3, -0.25) is 4.90 Å². The minimum Gasteiger partial charge on any atom is -0.394 e. The number of aliphatic hydroxyl groups excluding tert-OH is 1. The van der Waals surface area contributed by atoms with E-state index in [0.29, 0.717) is 6.61 Å². The Hall–Kier alpha value is -0.120. The van der Waals surface area contributed by atoms with E-state index in [2.05, 4.69) is 11.8 Å². The minimum absolute atomic E-state index is 0.136. The molecule has 0 aromatic rings. The van der Waals surface area contributed by atoms with E-state index < -0.39 is 0 Å². The summed E-state index contributed by atoms with van der Waals surface area (Å²) < 4.78 is 5.25. The monoisotopic (exact) mass is 187 g/mol. The fourth-order valence-electron chi connectivity index (χ4n) is 1.55. The lowest BCUT2D eigenvalue weighted by Crippen LogP contribution is -2.30. The minimum atomic E-state index is 0.136. The Bertz CT molecular complexity index is 126. The molecule has 0 unspecified atom stereocenters. The van der Waals surface area contributed by atoms with Gasteiger partial charge in [-0.15, -0.1) is 0 Å². The molecule has 13 heavy (non-hydrogen) atoms. The Labute approximate surface area is 80.7 Å². The fourth-order valence-corrected chi connectivity index (χ4v) is 1.55. The van der Waals surface area contributed by atoms with Gasteiger partial charge in [-0.2, -0.15) is 0 Å². The van der Waals surface area contributed by atoms with Crippen molar-refractivity contribution in [2.45, 2.75) is 32.2 Å². The summed E-state index contributed by atoms with van der Waals surface area (Å²) in [5.74, 6) is 0. The van der Waals surface area contributed by atoms with Crippen LogP contribution in [0, 0.1) is 0 Å². The standard InChI is InChI=1S/C10H21NO2/c1-2-5-11(10-3-4-10)6-8-13-9-7-12/h10,12H,2-9H2,1H3. The summed E-state index contributed by atoms with van der Waals surface area (Å²) in [5, 5.41) is 8.52. The van der Waals surface area contributed by atoms with Crippen molar-refractivity contribution >= 4 is 0 Å². The third-order valence-corrected chi connectivity index (χ3v) is 2.33. The summed E-state index contributed by atoms with van der Waals surface area (Å²) in [4.78, 5) is 2.50. The van der Waals surface area contributed by atoms with Crippen molar-refractivity contribution in [3.63, 3.8) is 0 Å². The molecule has 0 amide bonds. The fraction of sp³-hybridized carbons (Fsp3) is 1.00. The lowest BCUT2D eigenvalue weighted by molar-refractivity contribution is 0.0719. The SMILES string of the molecule is CCCN(CCOCCO)C1CC1. The maximum absolute atomic E-state index is 8.52. The molecule has 0 spiro atoms. The van der Waals surface area contributed by atoms with Crippen LogP contribution in [0.5, 0.6) is 0 Å². The Kier molecular flexibility index (Phi) is 5.35. The highest BCUT2D eigenvalue weighted by Crippen LogP contribution is 2.26. The highest BCUT2D eigenvalue weighted by molar-refractivity contribution is 4.83. The average molecular weight is 187 g/mol. The van der Waals surface area contributed by atoms with Crippen molar-refractivity contribution in [3.05, 3.63) is 0 Å². The van der Waals surface area contributed by atoms with Gasteiger partial charge >= 0.3 is 0 Å². The molecule has 0 saturated heterocycles. The third kappa shape index (κ3) is 4.60. The van der Waals surface area contributed by atoms with Crippen LogP contribution in [0.1, 0.15) is 26.2 Å². The maximum atomic E-state index is 8.52. The van der Waals surface area contributed by atoms with E-state index in [9.17, 15) is 0 Å². The van der Waals surface area contributed by atoms with Crippen LogP contribution in [0.2, 0.25) is 0 Å². The number of aliphatic hydroxyl groups is 1. The molecule has 0 heterocycles. The zero-order valence-corrected chi connectivity index (χ0v) is 8.54. The summed E-state index contributed by atoms with van der Waals surface area (Å²) >= 11 is 0. The van der Waals surface area contributed by atoms with E-state index in [1.807, 2.05) is 0 Å². The molecule has 0 bridgehead atoms. The van der Waals surface area contributed by atoms with Crippen molar-refractivity contribution in [1.82, 2.24) is 4.90 Å². The van der Waals surface area contributed by atoms with E-state index in [1.54, 1.807) is 0 Å². The second-order valence-electron chi connectivity index (χ2n) is 3.60. The first-order valence-electron chi connectivity index (χ1n) is 5.31. The topological polar surface area (TPSA) is 32.7 Å². The van der Waals surface area contributed by atoms with Crippen LogP contribution in [0.15, 0.2) is 0 Å². The molecule has 3 nitrogen and oxygen atoms in total. The number of hydrogen-bond donors (Lipinski definition) is 1. The van der Waals surface area contributed by atoms with E-state index in [0.717, 1.165) is 19.2 Å². The zero-order chi connectivity index (χ0) is 9.52. The van der Waals surface area contributed by atoms with Gasteiger partial charge in [0.15, 0.2) is 0 Å². The van der Waals surface area contributed by atoms with Crippen LogP contribution in [0.3, 0.4) is 0 Å². The highest BCUT2D eigenvalue weighted by atomic mass is 16.5. The molecular formula is C10H21NO2. The lowest BCUT2D eigenvalue weighted by Gasteiger charge is -2.20. The zero-order valence-electron chi connectivity index (χ0n) is 8.54. The highest BCUT2D eigenvalue weighted by Gasteiger charge is 2.27. The van der Waals surface area contributed by atoms with Crippen LogP contribution >= 0.6 is 0 Å². The molecule has 0 aromatic heterocycles. The van der Waals surface area contributed by atoms with Gasteiger partial charge in [-0.25, -0.2) is 0 Å². The maximum Gasteiger partial charge on any atom is 0.0698 e. The summed E-state index contributed by atoms with van der Waals surface area (Å²) in [5.41, 5.74) is 0. The van der Waals surface area contributed by atoms with Gasteiger partial charge in [0, 0.05) is 12.6 Å². The van der Waals surface area contributed by atoms with Gasteiger partial charge < -0.3 is 9.84 Å². The molecule has 1 aliphatic rings. The molecule has 0 radical (unpaired) electrons. The molecule has 1 saturated carbocycles. The van der Waals surface area contributed by atoms with Crippen molar-refractivity contribution in [2.24, 2.45) is 0 Å². The molecule has 0 atom stereocenters. The first kappa shape index (κ1) is 11.0. The predicted octanol–water partition coefficient (Wildman–Crippen LogP) is 0.870. The first-order chi connectivity index (χ1) is 6.38. The quantitative estimate of drug-likeness (QED) is 0.572. The van der Waals surface area contributed by atoms with Crippen LogP contribution in [-0.2, 0) is 4.74 Å². The summed E-state index contributed by atoms with van der Waals surface area (Å²) in [6, 6.07) is 0.831. The number of nitrogens with zero attached hydrogens (tertiary/aromatic N) is 1. The van der Waals surface area contributed by atoms with Crippen molar-refractivity contribution in [3.8, 4) is 0 Å². The molecule has 1 fully saturated rings. The van der Waals surface area contributed by atoms with Crippen LogP contribution in [0.4, 0.5) is 0 Å². The Morgan fingerprint density at radius 2 is 2.08 bits per heavy atom. The Morgan fingerprint density at radius 1 is 1.31 bits per heavy atom. The second kappa shape index (κ2) is 6.35. The van der Waals surface area contributed by atoms with E-state index in [-0.39, 0.29) is 6.61 Å². The molecule has 1 N–H and O–H groups in total. The van der Waals surface area contributed by atoms with Gasteiger partial charge in [0.1, 0.15) is 0 Å². The largest absolute Gasteiger partial charge is 0.394 e. The molecule has 1 aliphatic carbocycles. The van der Waals surface area contributed by atoms with Gasteiger partial charge in [-0.05, 0) is 25.8 Å². The average Bonchev–Trinajstić information content (AvgIpc) is 2.93. The third-order valence-electron chi connectivity index (χ3n) is 2.33. The number of ether oxygens (including phenoxy) is 1. The molecular weight excluding hydrogens is 166 g/mol. The van der Waals surface area contributed by atoms with Crippen LogP contribution in [-0.4, -0.2) is 49.0 Å². The van der Waals surface area contributed by atoms with Gasteiger partial charge in [-0.1, -0.05) is 6.92 Å². The van der Waals surface area contributed by atoms with Crippen molar-refractivity contribution < 1.29 is 9.84 Å². The van der Waals surface area contributed by atoms with Gasteiger partial charge in [0.2, 0.25) is 0 Å². The molecule has 78 valence electrons. The number of rotatable bonds is 8. The lowest BCUT2D eigenvalue weighted by atomic mass is 10.4. The van der Waals surface area contributed by atoms with E-state index in [4.69, 9.17) is 9.84 Å². The van der Waals surface area contributed by atoms with E-state index >= 15 is 0 Å². The Balaban J connectivity index is 2.00. The molecule has 1 rings (SSSR count). The summed E-state index contributed by atoms with van der Waals surface area (Å²) in [6.45, 7) is 5.80. The van der Waals surface area contributed by atoms with Gasteiger partial charge in [0.25, 0.3) is 0 Å². The number of hydrogen-bond acceptors (Lipinski definition) is 3. The van der Waals surface area contributed by atoms with Crippen molar-refractivity contribution in [2.75, 3.05) is 32.9 Å². The molecule has 3 heteroatoms. The van der Waals surface area contributed by atoms with Crippen LogP contribution in [0.25, 0.3) is 0 Å². The van der Waals surface area contributed by atoms with Crippen LogP contribution < -0.4 is 0 Å². The molecule has 0 aliphatic heterocycles.